The van der Waals surface area contributed by atoms with Crippen LogP contribution in [0.15, 0.2) is 78.9 Å². The molecule has 0 radical (unpaired) electrons. The highest BCUT2D eigenvalue weighted by Crippen LogP contribution is 2.21. The summed E-state index contributed by atoms with van der Waals surface area (Å²) in [6.07, 6.45) is 0.176. The van der Waals surface area contributed by atoms with Crippen LogP contribution in [0.2, 0.25) is 0 Å². The van der Waals surface area contributed by atoms with Crippen LogP contribution in [-0.4, -0.2) is 25.6 Å². The summed E-state index contributed by atoms with van der Waals surface area (Å²) in [5.41, 5.74) is 4.30. The molecular formula is C26H24O3. The first-order valence-corrected chi connectivity index (χ1v) is 9.55. The first-order chi connectivity index (χ1) is 14.2. The van der Waals surface area contributed by atoms with E-state index in [0.717, 1.165) is 22.4 Å². The molecule has 0 aliphatic heterocycles. The fourth-order valence-corrected chi connectivity index (χ4v) is 2.96. The van der Waals surface area contributed by atoms with Crippen molar-refractivity contribution in [3.8, 4) is 28.7 Å². The fraction of sp³-hybridized carbons (Fsp3) is 0.192. The van der Waals surface area contributed by atoms with E-state index in [9.17, 15) is 4.79 Å². The van der Waals surface area contributed by atoms with Gasteiger partial charge in [0.25, 0.3) is 0 Å². The summed E-state index contributed by atoms with van der Waals surface area (Å²) in [6, 6.07) is 26.1. The third-order valence-corrected chi connectivity index (χ3v) is 4.62. The predicted molar refractivity (Wildman–Crippen MR) is 116 cm³/mol. The van der Waals surface area contributed by atoms with Gasteiger partial charge in [-0.1, -0.05) is 66.4 Å². The molecular weight excluding hydrogens is 360 g/mol. The zero-order chi connectivity index (χ0) is 20.5. The van der Waals surface area contributed by atoms with Crippen molar-refractivity contribution in [3.05, 3.63) is 90.0 Å². The molecule has 3 nitrogen and oxygen atoms in total. The van der Waals surface area contributed by atoms with E-state index in [0.29, 0.717) is 13.0 Å². The Bertz CT molecular complexity index is 978. The topological polar surface area (TPSA) is 35.5 Å². The van der Waals surface area contributed by atoms with Gasteiger partial charge in [0.15, 0.2) is 5.78 Å². The molecule has 146 valence electrons. The Morgan fingerprint density at radius 1 is 0.897 bits per heavy atom. The molecule has 0 bridgehead atoms. The number of hydrogen-bond donors (Lipinski definition) is 0. The number of Topliss-reactive ketones (excluding diaryl/α,β-unsaturated/α-hetero) is 1. The lowest BCUT2D eigenvalue weighted by Crippen LogP contribution is -2.22. The number of ether oxygens (including phenoxy) is 2. The summed E-state index contributed by atoms with van der Waals surface area (Å²) in [7, 11) is 1.56. The molecule has 0 aliphatic carbocycles. The highest BCUT2D eigenvalue weighted by molar-refractivity contribution is 5.80. The van der Waals surface area contributed by atoms with Crippen LogP contribution >= 0.6 is 0 Å². The lowest BCUT2D eigenvalue weighted by molar-refractivity contribution is -0.126. The summed E-state index contributed by atoms with van der Waals surface area (Å²) in [5, 5.41) is 0. The molecule has 3 rings (SSSR count). The molecule has 0 spiro atoms. The maximum Gasteiger partial charge on any atom is 0.158 e. The van der Waals surface area contributed by atoms with E-state index < -0.39 is 6.10 Å². The summed E-state index contributed by atoms with van der Waals surface area (Å²) in [6.45, 7) is 1.87. The van der Waals surface area contributed by atoms with E-state index in [1.807, 2.05) is 66.7 Å². The molecule has 0 N–H and O–H groups in total. The van der Waals surface area contributed by atoms with Gasteiger partial charge in [0.2, 0.25) is 0 Å². The van der Waals surface area contributed by atoms with Crippen LogP contribution in [-0.2, 0) is 16.0 Å². The first-order valence-electron chi connectivity index (χ1n) is 9.55. The Balaban J connectivity index is 1.52. The molecule has 0 saturated heterocycles. The van der Waals surface area contributed by atoms with Gasteiger partial charge in [-0.3, -0.25) is 4.79 Å². The van der Waals surface area contributed by atoms with Gasteiger partial charge in [-0.05, 0) is 47.9 Å². The normalized spacial score (nSPS) is 11.2. The van der Waals surface area contributed by atoms with Gasteiger partial charge in [0.1, 0.15) is 18.5 Å². The Kier molecular flexibility index (Phi) is 7.22. The smallest absolute Gasteiger partial charge is 0.158 e. The van der Waals surface area contributed by atoms with E-state index in [4.69, 9.17) is 9.47 Å². The first kappa shape index (κ1) is 20.4. The molecule has 0 heterocycles. The molecule has 29 heavy (non-hydrogen) atoms. The van der Waals surface area contributed by atoms with Crippen LogP contribution in [0.25, 0.3) is 11.1 Å². The minimum Gasteiger partial charge on any atom is -0.481 e. The van der Waals surface area contributed by atoms with Gasteiger partial charge in [-0.15, -0.1) is 0 Å². The quantitative estimate of drug-likeness (QED) is 0.542. The van der Waals surface area contributed by atoms with E-state index in [-0.39, 0.29) is 5.78 Å². The second kappa shape index (κ2) is 10.3. The van der Waals surface area contributed by atoms with Crippen molar-refractivity contribution in [2.75, 3.05) is 13.7 Å². The van der Waals surface area contributed by atoms with Crippen LogP contribution in [0, 0.1) is 11.8 Å². The second-order valence-electron chi connectivity index (χ2n) is 6.72. The van der Waals surface area contributed by atoms with E-state index >= 15 is 0 Å². The summed E-state index contributed by atoms with van der Waals surface area (Å²) in [5.74, 6) is 6.96. The highest BCUT2D eigenvalue weighted by atomic mass is 16.5. The van der Waals surface area contributed by atoms with Crippen LogP contribution in [0.4, 0.5) is 0 Å². The average molecular weight is 384 g/mol. The van der Waals surface area contributed by atoms with Gasteiger partial charge in [0, 0.05) is 19.1 Å². The standard InChI is InChI=1S/C26H24O3/c1-20(27)26(28-2)19-22-12-10-21(11-13-22)7-6-18-29-25-16-14-24(15-17-25)23-8-4-3-5-9-23/h3-5,8-17,26H,18-19H2,1-2H3/t26-/m0/s1. The SMILES string of the molecule is CO[C@@H](Cc1ccc(C#CCOc2ccc(-c3ccccc3)cc2)cc1)C(C)=O. The van der Waals surface area contributed by atoms with Crippen molar-refractivity contribution in [2.45, 2.75) is 19.4 Å². The van der Waals surface area contributed by atoms with Crippen LogP contribution in [0.1, 0.15) is 18.1 Å². The Hall–Kier alpha value is -3.35. The average Bonchev–Trinajstić information content (AvgIpc) is 2.77. The lowest BCUT2D eigenvalue weighted by Gasteiger charge is -2.11. The lowest BCUT2D eigenvalue weighted by atomic mass is 10.0. The molecule has 0 fully saturated rings. The largest absolute Gasteiger partial charge is 0.481 e. The van der Waals surface area contributed by atoms with Crippen LogP contribution in [0.3, 0.4) is 0 Å². The van der Waals surface area contributed by atoms with Crippen molar-refractivity contribution >= 4 is 5.78 Å². The Morgan fingerprint density at radius 3 is 2.17 bits per heavy atom. The molecule has 0 amide bonds. The zero-order valence-electron chi connectivity index (χ0n) is 16.7. The zero-order valence-corrected chi connectivity index (χ0v) is 16.7. The van der Waals surface area contributed by atoms with E-state index in [1.54, 1.807) is 14.0 Å². The third-order valence-electron chi connectivity index (χ3n) is 4.62. The van der Waals surface area contributed by atoms with E-state index in [2.05, 4.69) is 24.0 Å². The van der Waals surface area contributed by atoms with Gasteiger partial charge in [0.05, 0.1) is 0 Å². The maximum atomic E-state index is 11.5. The van der Waals surface area contributed by atoms with Gasteiger partial charge in [-0.2, -0.15) is 0 Å². The number of rotatable bonds is 7. The minimum atomic E-state index is -0.395. The van der Waals surface area contributed by atoms with Gasteiger partial charge >= 0.3 is 0 Å². The summed E-state index contributed by atoms with van der Waals surface area (Å²) < 4.78 is 10.9. The molecule has 0 aromatic heterocycles. The molecule has 3 aromatic carbocycles. The molecule has 1 atom stereocenters. The predicted octanol–water partition coefficient (Wildman–Crippen LogP) is 4.93. The molecule has 3 heteroatoms. The Morgan fingerprint density at radius 2 is 1.55 bits per heavy atom. The van der Waals surface area contributed by atoms with Crippen molar-refractivity contribution < 1.29 is 14.3 Å². The second-order valence-corrected chi connectivity index (χ2v) is 6.72. The molecule has 0 aliphatic rings. The molecule has 0 saturated carbocycles. The monoisotopic (exact) mass is 384 g/mol. The highest BCUT2D eigenvalue weighted by Gasteiger charge is 2.13. The third kappa shape index (κ3) is 6.07. The van der Waals surface area contributed by atoms with Crippen molar-refractivity contribution in [1.29, 1.82) is 0 Å². The van der Waals surface area contributed by atoms with Crippen LogP contribution in [0.5, 0.6) is 5.75 Å². The van der Waals surface area contributed by atoms with Crippen LogP contribution < -0.4 is 4.74 Å². The summed E-state index contributed by atoms with van der Waals surface area (Å²) >= 11 is 0. The van der Waals surface area contributed by atoms with Crippen molar-refractivity contribution in [1.82, 2.24) is 0 Å². The minimum absolute atomic E-state index is 0.0327. The number of ketones is 1. The Labute approximate surface area is 172 Å². The molecule has 3 aromatic rings. The maximum absolute atomic E-state index is 11.5. The molecule has 0 unspecified atom stereocenters. The number of benzene rings is 3. The van der Waals surface area contributed by atoms with Crippen molar-refractivity contribution in [2.24, 2.45) is 0 Å². The van der Waals surface area contributed by atoms with E-state index in [1.165, 1.54) is 5.56 Å². The number of carbonyl (C=O) groups excluding carboxylic acids is 1. The van der Waals surface area contributed by atoms with Gasteiger partial charge < -0.3 is 9.47 Å². The summed E-state index contributed by atoms with van der Waals surface area (Å²) in [4.78, 5) is 11.5. The number of hydrogen-bond acceptors (Lipinski definition) is 3. The fourth-order valence-electron chi connectivity index (χ4n) is 2.96. The van der Waals surface area contributed by atoms with Gasteiger partial charge in [-0.25, -0.2) is 0 Å². The number of carbonyl (C=O) groups is 1. The number of methoxy groups -OCH3 is 1. The van der Waals surface area contributed by atoms with Crippen molar-refractivity contribution in [3.63, 3.8) is 0 Å².